The summed E-state index contributed by atoms with van der Waals surface area (Å²) in [6.45, 7) is 13.3. The topological polar surface area (TPSA) is 149 Å². The summed E-state index contributed by atoms with van der Waals surface area (Å²) in [5.74, 6) is -0.576. The van der Waals surface area contributed by atoms with E-state index in [2.05, 4.69) is 33.6 Å². The number of Topliss-reactive ketones (excluding diaryl/α,β-unsaturated/α-hetero) is 1. The first kappa shape index (κ1) is 41.5. The first-order valence-electron chi connectivity index (χ1n) is 19.1. The molecule has 14 heteroatoms. The van der Waals surface area contributed by atoms with E-state index in [4.69, 9.17) is 10.5 Å². The van der Waals surface area contributed by atoms with Gasteiger partial charge >= 0.3 is 18.0 Å². The fraction of sp³-hybridized carbons (Fsp3) is 0.381. The zero-order valence-corrected chi connectivity index (χ0v) is 32.6. The molecule has 0 aliphatic carbocycles. The molecule has 0 atom stereocenters. The van der Waals surface area contributed by atoms with Crippen molar-refractivity contribution in [1.82, 2.24) is 29.6 Å². The van der Waals surface area contributed by atoms with Crippen LogP contribution < -0.4 is 15.5 Å². The maximum Gasteiger partial charge on any atom is 0.339 e. The van der Waals surface area contributed by atoms with Crippen LogP contribution >= 0.6 is 0 Å². The molecule has 14 nitrogen and oxygen atoms in total. The van der Waals surface area contributed by atoms with Crippen molar-refractivity contribution in [3.8, 4) is 0 Å². The lowest BCUT2D eigenvalue weighted by Gasteiger charge is -2.37. The third-order valence-electron chi connectivity index (χ3n) is 10.00. The number of para-hydroxylation sites is 2. The van der Waals surface area contributed by atoms with E-state index >= 15 is 0 Å². The summed E-state index contributed by atoms with van der Waals surface area (Å²) in [4.78, 5) is 70.5. The van der Waals surface area contributed by atoms with E-state index in [0.29, 0.717) is 56.1 Å². The van der Waals surface area contributed by atoms with Gasteiger partial charge in [0, 0.05) is 81.7 Å². The Balaban J connectivity index is 0.000000214. The van der Waals surface area contributed by atoms with Crippen LogP contribution in [0.5, 0.6) is 0 Å². The van der Waals surface area contributed by atoms with Crippen molar-refractivity contribution in [2.45, 2.75) is 26.9 Å². The van der Waals surface area contributed by atoms with E-state index in [9.17, 15) is 19.2 Å². The molecular weight excluding hydrogens is 711 g/mol. The number of carbonyl (C=O) groups excluding carboxylic acids is 4. The average molecular weight is 764 g/mol. The highest BCUT2D eigenvalue weighted by atomic mass is 16.5. The van der Waals surface area contributed by atoms with Crippen LogP contribution in [0.25, 0.3) is 0 Å². The number of amides is 4. The molecule has 2 N–H and O–H groups in total. The van der Waals surface area contributed by atoms with E-state index in [1.807, 2.05) is 70.5 Å². The molecule has 0 bridgehead atoms. The first-order chi connectivity index (χ1) is 27.2. The number of hydrogen-bond acceptors (Lipinski definition) is 10. The summed E-state index contributed by atoms with van der Waals surface area (Å²) in [6.07, 6.45) is 3.01. The predicted molar refractivity (Wildman–Crippen MR) is 217 cm³/mol. The van der Waals surface area contributed by atoms with Crippen LogP contribution in [-0.4, -0.2) is 132 Å². The molecule has 2 aliphatic rings. The highest BCUT2D eigenvalue weighted by Crippen LogP contribution is 2.21. The number of piperazine rings is 2. The number of urea groups is 2. The van der Waals surface area contributed by atoms with Gasteiger partial charge in [-0.15, -0.1) is 0 Å². The molecule has 0 saturated carbocycles. The number of methoxy groups -OCH3 is 1. The van der Waals surface area contributed by atoms with Crippen molar-refractivity contribution >= 4 is 35.2 Å². The molecule has 4 aromatic rings. The second-order valence-electron chi connectivity index (χ2n) is 13.4. The lowest BCUT2D eigenvalue weighted by Crippen LogP contribution is -2.52. The molecule has 2 saturated heterocycles. The van der Waals surface area contributed by atoms with Crippen LogP contribution in [-0.2, 0) is 17.8 Å². The minimum atomic E-state index is -0.427. The van der Waals surface area contributed by atoms with Crippen LogP contribution in [0.1, 0.15) is 46.0 Å². The zero-order valence-electron chi connectivity index (χ0n) is 32.6. The predicted octanol–water partition coefficient (Wildman–Crippen LogP) is 4.62. The number of ketones is 1. The Morgan fingerprint density at radius 3 is 1.36 bits per heavy atom. The second-order valence-corrected chi connectivity index (χ2v) is 13.4. The molecule has 6 rings (SSSR count). The summed E-state index contributed by atoms with van der Waals surface area (Å²) in [5.41, 5.74) is 9.35. The summed E-state index contributed by atoms with van der Waals surface area (Å²) in [7, 11) is 1.34. The van der Waals surface area contributed by atoms with Crippen molar-refractivity contribution in [2.24, 2.45) is 5.73 Å². The van der Waals surface area contributed by atoms with E-state index in [-0.39, 0.29) is 24.4 Å². The highest BCUT2D eigenvalue weighted by Gasteiger charge is 2.28. The summed E-state index contributed by atoms with van der Waals surface area (Å²) < 4.78 is 4.71. The molecule has 0 unspecified atom stereocenters. The van der Waals surface area contributed by atoms with Gasteiger partial charge in [0.1, 0.15) is 0 Å². The highest BCUT2D eigenvalue weighted by molar-refractivity contribution is 5.97. The Hall–Kier alpha value is -5.70. The van der Waals surface area contributed by atoms with Crippen molar-refractivity contribution in [2.75, 3.05) is 88.9 Å². The van der Waals surface area contributed by atoms with Crippen molar-refractivity contribution in [3.63, 3.8) is 0 Å². The molecule has 2 fully saturated rings. The first-order valence-corrected chi connectivity index (χ1v) is 19.1. The van der Waals surface area contributed by atoms with Gasteiger partial charge in [-0.2, -0.15) is 0 Å². The van der Waals surface area contributed by atoms with Gasteiger partial charge in [0.15, 0.2) is 5.78 Å². The number of aromatic nitrogens is 2. The minimum Gasteiger partial charge on any atom is -0.465 e. The molecular formula is C42H53N9O5. The summed E-state index contributed by atoms with van der Waals surface area (Å²) >= 11 is 0. The van der Waals surface area contributed by atoms with E-state index in [0.717, 1.165) is 56.3 Å². The number of esters is 1. The third-order valence-corrected chi connectivity index (χ3v) is 10.00. The molecule has 0 spiro atoms. The van der Waals surface area contributed by atoms with Gasteiger partial charge in [-0.25, -0.2) is 14.4 Å². The van der Waals surface area contributed by atoms with Crippen molar-refractivity contribution in [1.29, 1.82) is 0 Å². The zero-order chi connectivity index (χ0) is 39.9. The molecule has 2 aromatic carbocycles. The lowest BCUT2D eigenvalue weighted by molar-refractivity contribution is 0.0600. The van der Waals surface area contributed by atoms with Crippen LogP contribution in [0.4, 0.5) is 21.0 Å². The normalized spacial score (nSPS) is 14.6. The number of ether oxygens (including phenoxy) is 1. The number of benzene rings is 2. The van der Waals surface area contributed by atoms with E-state index in [1.165, 1.54) is 19.5 Å². The average Bonchev–Trinajstić information content (AvgIpc) is 3.27. The van der Waals surface area contributed by atoms with Gasteiger partial charge in [0.05, 0.1) is 43.7 Å². The van der Waals surface area contributed by atoms with Crippen LogP contribution in [0.3, 0.4) is 0 Å². The monoisotopic (exact) mass is 763 g/mol. The van der Waals surface area contributed by atoms with Gasteiger partial charge in [0.2, 0.25) is 0 Å². The lowest BCUT2D eigenvalue weighted by atomic mass is 10.1. The number of nitrogens with zero attached hydrogens (tertiary/aromatic N) is 8. The van der Waals surface area contributed by atoms with Crippen LogP contribution in [0.2, 0.25) is 0 Å². The van der Waals surface area contributed by atoms with Crippen molar-refractivity contribution < 1.29 is 23.9 Å². The second kappa shape index (κ2) is 20.8. The molecule has 0 radical (unpaired) electrons. The van der Waals surface area contributed by atoms with Gasteiger partial charge in [-0.3, -0.25) is 24.6 Å². The Morgan fingerprint density at radius 2 is 1.02 bits per heavy atom. The number of hydrogen-bond donors (Lipinski definition) is 1. The van der Waals surface area contributed by atoms with E-state index in [1.54, 1.807) is 34.1 Å². The number of likely N-dealkylation sites (N-methyl/N-ethyl adjacent to an activating group) is 2. The van der Waals surface area contributed by atoms with Crippen molar-refractivity contribution in [3.05, 3.63) is 120 Å². The molecule has 296 valence electrons. The van der Waals surface area contributed by atoms with E-state index < -0.39 is 5.97 Å². The number of rotatable bonds is 11. The van der Waals surface area contributed by atoms with Gasteiger partial charge < -0.3 is 30.1 Å². The SMILES string of the molecule is CCN1CCN(C(=O)N(Cc2ccc(C(=O)CN)cn2)c2ccccc2)CC1.CCN1CCN(C(=O)N(Cc2ccc(C(=O)OC)cn2)c2ccccc2)CC1. The van der Waals surface area contributed by atoms with Gasteiger partial charge in [0.25, 0.3) is 0 Å². The standard InChI is InChI=1S/C21H27N5O2.C21H26N4O3/c1-2-24-10-12-25(13-11-24)21(28)26(19-6-4-3-5-7-19)16-18-9-8-17(15-23-18)20(27)14-22;1-3-23-11-13-24(14-12-23)21(27)25(19-7-5-4-6-8-19)16-18-10-9-17(15-22-18)20(26)28-2/h3-9,15H,2,10-14,16,22H2,1H3;4-10,15H,3,11-14,16H2,1-2H3. The van der Waals surface area contributed by atoms with Gasteiger partial charge in [-0.05, 0) is 61.6 Å². The Kier molecular flexibility index (Phi) is 15.4. The maximum absolute atomic E-state index is 13.3. The number of anilines is 2. The van der Waals surface area contributed by atoms with Crippen LogP contribution in [0, 0.1) is 0 Å². The smallest absolute Gasteiger partial charge is 0.339 e. The molecule has 2 aliphatic heterocycles. The Labute approximate surface area is 329 Å². The molecule has 4 heterocycles. The maximum atomic E-state index is 13.3. The molecule has 56 heavy (non-hydrogen) atoms. The quantitative estimate of drug-likeness (QED) is 0.170. The Morgan fingerprint density at radius 1 is 0.607 bits per heavy atom. The fourth-order valence-electron chi connectivity index (χ4n) is 6.49. The number of pyridine rings is 2. The minimum absolute atomic E-state index is 0.0223. The van der Waals surface area contributed by atoms with Crippen LogP contribution in [0.15, 0.2) is 97.3 Å². The fourth-order valence-corrected chi connectivity index (χ4v) is 6.49. The number of nitrogens with two attached hydrogens (primary N) is 1. The summed E-state index contributed by atoms with van der Waals surface area (Å²) in [6, 6.07) is 26.1. The molecule has 4 amide bonds. The summed E-state index contributed by atoms with van der Waals surface area (Å²) in [5, 5.41) is 0. The van der Waals surface area contributed by atoms with Gasteiger partial charge in [-0.1, -0.05) is 50.2 Å². The molecule has 2 aromatic heterocycles. The largest absolute Gasteiger partial charge is 0.465 e. The third kappa shape index (κ3) is 11.2. The number of carbonyl (C=O) groups is 4. The Bertz CT molecular complexity index is 1710.